The van der Waals surface area contributed by atoms with Crippen LogP contribution in [-0.4, -0.2) is 19.3 Å². The van der Waals surface area contributed by atoms with Crippen molar-refractivity contribution in [2.45, 2.75) is 6.61 Å². The fourth-order valence-electron chi connectivity index (χ4n) is 1.84. The maximum atomic E-state index is 5.88. The first-order valence-electron chi connectivity index (χ1n) is 6.66. The van der Waals surface area contributed by atoms with Crippen LogP contribution in [0.5, 0.6) is 11.5 Å². The van der Waals surface area contributed by atoms with E-state index in [9.17, 15) is 0 Å². The molecule has 0 saturated heterocycles. The zero-order chi connectivity index (χ0) is 15.8. The quantitative estimate of drug-likeness (QED) is 0.483. The topological polar surface area (TPSA) is 95.2 Å². The molecule has 0 aliphatic heterocycles. The summed E-state index contributed by atoms with van der Waals surface area (Å²) in [6.45, 7) is 0.421. The lowest BCUT2D eigenvalue weighted by molar-refractivity contribution is 0.284. The van der Waals surface area contributed by atoms with Crippen molar-refractivity contribution >= 4 is 12.2 Å². The molecular weight excluding hydrogens is 280 g/mol. The van der Waals surface area contributed by atoms with Crippen LogP contribution in [-0.2, 0) is 6.61 Å². The minimum absolute atomic E-state index is 0.106. The monoisotopic (exact) mass is 298 g/mol. The second kappa shape index (κ2) is 7.68. The highest BCUT2D eigenvalue weighted by Gasteiger charge is 2.09. The molecule has 2 aromatic rings. The van der Waals surface area contributed by atoms with Gasteiger partial charge in [-0.3, -0.25) is 0 Å². The molecule has 0 bridgehead atoms. The smallest absolute Gasteiger partial charge is 0.211 e. The molecule has 0 unspecified atom stereocenters. The predicted molar refractivity (Wildman–Crippen MR) is 87.2 cm³/mol. The Morgan fingerprint density at radius 1 is 1.09 bits per heavy atom. The lowest BCUT2D eigenvalue weighted by atomic mass is 10.2. The molecule has 0 saturated carbocycles. The number of nitrogens with two attached hydrogens (primary N) is 2. The summed E-state index contributed by atoms with van der Waals surface area (Å²) in [5.41, 5.74) is 12.3. The molecule has 4 N–H and O–H groups in total. The number of benzene rings is 2. The third-order valence-electron chi connectivity index (χ3n) is 2.83. The molecule has 6 heteroatoms. The second-order valence-electron chi connectivity index (χ2n) is 4.42. The molecule has 2 aromatic carbocycles. The van der Waals surface area contributed by atoms with E-state index in [4.69, 9.17) is 20.9 Å². The third-order valence-corrected chi connectivity index (χ3v) is 2.83. The molecule has 2 rings (SSSR count). The summed E-state index contributed by atoms with van der Waals surface area (Å²) in [7, 11) is 1.58. The van der Waals surface area contributed by atoms with Gasteiger partial charge in [0.2, 0.25) is 5.96 Å². The number of para-hydroxylation sites is 1. The van der Waals surface area contributed by atoms with Crippen LogP contribution in [0.4, 0.5) is 0 Å². The van der Waals surface area contributed by atoms with Crippen LogP contribution < -0.4 is 20.9 Å². The van der Waals surface area contributed by atoms with E-state index in [1.54, 1.807) is 7.11 Å². The van der Waals surface area contributed by atoms with E-state index < -0.39 is 0 Å². The van der Waals surface area contributed by atoms with Crippen LogP contribution >= 0.6 is 0 Å². The van der Waals surface area contributed by atoms with Crippen molar-refractivity contribution in [1.82, 2.24) is 0 Å². The fraction of sp³-hybridized carbons (Fsp3) is 0.125. The van der Waals surface area contributed by atoms with Crippen molar-refractivity contribution < 1.29 is 9.47 Å². The lowest BCUT2D eigenvalue weighted by Gasteiger charge is -2.13. The van der Waals surface area contributed by atoms with Gasteiger partial charge in [-0.2, -0.15) is 5.10 Å². The summed E-state index contributed by atoms with van der Waals surface area (Å²) in [6.07, 6.45) is 1.52. The summed E-state index contributed by atoms with van der Waals surface area (Å²) < 4.78 is 11.2. The van der Waals surface area contributed by atoms with Crippen LogP contribution in [0, 0.1) is 0 Å². The van der Waals surface area contributed by atoms with Crippen LogP contribution in [0.1, 0.15) is 11.1 Å². The zero-order valence-corrected chi connectivity index (χ0v) is 12.3. The van der Waals surface area contributed by atoms with Crippen molar-refractivity contribution in [2.24, 2.45) is 21.7 Å². The van der Waals surface area contributed by atoms with E-state index in [-0.39, 0.29) is 5.96 Å². The van der Waals surface area contributed by atoms with Crippen molar-refractivity contribution in [1.29, 1.82) is 0 Å². The number of methoxy groups -OCH3 is 1. The molecule has 6 nitrogen and oxygen atoms in total. The van der Waals surface area contributed by atoms with Crippen LogP contribution in [0.25, 0.3) is 0 Å². The Balaban J connectivity index is 2.23. The van der Waals surface area contributed by atoms with Gasteiger partial charge in [0.15, 0.2) is 11.5 Å². The van der Waals surface area contributed by atoms with E-state index in [1.165, 1.54) is 6.21 Å². The number of guanidine groups is 1. The Morgan fingerprint density at radius 3 is 2.55 bits per heavy atom. The minimum atomic E-state index is -0.106. The minimum Gasteiger partial charge on any atom is -0.493 e. The van der Waals surface area contributed by atoms with Gasteiger partial charge in [0.1, 0.15) is 6.61 Å². The van der Waals surface area contributed by atoms with E-state index >= 15 is 0 Å². The normalized spacial score (nSPS) is 10.4. The molecule has 0 aromatic heterocycles. The van der Waals surface area contributed by atoms with E-state index in [0.29, 0.717) is 18.1 Å². The summed E-state index contributed by atoms with van der Waals surface area (Å²) in [5.74, 6) is 1.10. The number of rotatable bonds is 6. The van der Waals surface area contributed by atoms with Crippen LogP contribution in [0.3, 0.4) is 0 Å². The van der Waals surface area contributed by atoms with Gasteiger partial charge in [-0.25, -0.2) is 0 Å². The third kappa shape index (κ3) is 4.24. The molecule has 0 aliphatic rings. The number of hydrogen-bond acceptors (Lipinski definition) is 4. The summed E-state index contributed by atoms with van der Waals surface area (Å²) >= 11 is 0. The van der Waals surface area contributed by atoms with Crippen molar-refractivity contribution in [3.63, 3.8) is 0 Å². The summed E-state index contributed by atoms with van der Waals surface area (Å²) in [6, 6.07) is 15.4. The highest BCUT2D eigenvalue weighted by molar-refractivity contribution is 5.86. The van der Waals surface area contributed by atoms with Crippen LogP contribution in [0.2, 0.25) is 0 Å². The first-order valence-corrected chi connectivity index (χ1v) is 6.66. The molecule has 0 fully saturated rings. The first kappa shape index (κ1) is 15.4. The molecule has 0 aliphatic carbocycles. The maximum absolute atomic E-state index is 5.88. The highest BCUT2D eigenvalue weighted by Crippen LogP contribution is 2.30. The van der Waals surface area contributed by atoms with Gasteiger partial charge in [-0.15, -0.1) is 5.10 Å². The van der Waals surface area contributed by atoms with Gasteiger partial charge in [0, 0.05) is 5.56 Å². The largest absolute Gasteiger partial charge is 0.493 e. The molecular formula is C16H18N4O2. The number of ether oxygens (including phenoxy) is 2. The molecule has 0 amide bonds. The summed E-state index contributed by atoms with van der Waals surface area (Å²) in [5, 5.41) is 7.39. The molecule has 0 atom stereocenters. The van der Waals surface area contributed by atoms with E-state index in [0.717, 1.165) is 11.1 Å². The van der Waals surface area contributed by atoms with Crippen molar-refractivity contribution in [2.75, 3.05) is 7.11 Å². The Bertz CT molecular complexity index is 665. The van der Waals surface area contributed by atoms with Gasteiger partial charge < -0.3 is 20.9 Å². The number of hydrogen-bond donors (Lipinski definition) is 2. The van der Waals surface area contributed by atoms with Crippen molar-refractivity contribution in [3.05, 3.63) is 59.7 Å². The van der Waals surface area contributed by atoms with Gasteiger partial charge >= 0.3 is 0 Å². The lowest BCUT2D eigenvalue weighted by Crippen LogP contribution is -2.21. The van der Waals surface area contributed by atoms with Crippen molar-refractivity contribution in [3.8, 4) is 11.5 Å². The average molecular weight is 298 g/mol. The van der Waals surface area contributed by atoms with E-state index in [1.807, 2.05) is 48.5 Å². The summed E-state index contributed by atoms with van der Waals surface area (Å²) in [4.78, 5) is 0. The highest BCUT2D eigenvalue weighted by atomic mass is 16.5. The molecule has 0 spiro atoms. The number of nitrogens with zero attached hydrogens (tertiary/aromatic N) is 2. The Labute approximate surface area is 129 Å². The van der Waals surface area contributed by atoms with Gasteiger partial charge in [-0.05, 0) is 17.7 Å². The van der Waals surface area contributed by atoms with E-state index in [2.05, 4.69) is 10.2 Å². The van der Waals surface area contributed by atoms with Crippen LogP contribution in [0.15, 0.2) is 58.7 Å². The molecule has 114 valence electrons. The fourth-order valence-corrected chi connectivity index (χ4v) is 1.84. The standard InChI is InChI=1S/C16H18N4O2/c1-21-14-9-5-8-13(10-19-20-16(17)18)15(14)22-11-12-6-3-2-4-7-12/h2-10H,11H2,1H3,(H4,17,18,20)/b19-10+. The van der Waals surface area contributed by atoms with Gasteiger partial charge in [0.25, 0.3) is 0 Å². The van der Waals surface area contributed by atoms with Gasteiger partial charge in [-0.1, -0.05) is 36.4 Å². The maximum Gasteiger partial charge on any atom is 0.211 e. The predicted octanol–water partition coefficient (Wildman–Crippen LogP) is 1.88. The molecule has 22 heavy (non-hydrogen) atoms. The Morgan fingerprint density at radius 2 is 1.86 bits per heavy atom. The second-order valence-corrected chi connectivity index (χ2v) is 4.42. The SMILES string of the molecule is COc1cccc(/C=N/N=C(N)N)c1OCc1ccccc1. The zero-order valence-electron chi connectivity index (χ0n) is 12.3. The van der Waals surface area contributed by atoms with Gasteiger partial charge in [0.05, 0.1) is 13.3 Å². The Kier molecular flexibility index (Phi) is 5.37. The molecule has 0 heterocycles. The molecule has 0 radical (unpaired) electrons. The first-order chi connectivity index (χ1) is 10.7. The average Bonchev–Trinajstić information content (AvgIpc) is 2.54. The Hall–Kier alpha value is -3.02.